The Labute approximate surface area is 160 Å². The van der Waals surface area contributed by atoms with E-state index in [1.54, 1.807) is 38.5 Å². The van der Waals surface area contributed by atoms with Crippen LogP contribution < -0.4 is 14.8 Å². The van der Waals surface area contributed by atoms with Crippen molar-refractivity contribution in [3.8, 4) is 11.5 Å². The normalized spacial score (nSPS) is 18.2. The molecule has 1 N–H and O–H groups in total. The number of carbonyl (C=O) groups is 2. The molecule has 1 aliphatic carbocycles. The molecule has 0 radical (unpaired) electrons. The van der Waals surface area contributed by atoms with Crippen LogP contribution in [0.25, 0.3) is 0 Å². The molecule has 0 unspecified atom stereocenters. The van der Waals surface area contributed by atoms with Crippen molar-refractivity contribution < 1.29 is 19.1 Å². The van der Waals surface area contributed by atoms with Crippen molar-refractivity contribution in [2.24, 2.45) is 5.92 Å². The lowest BCUT2D eigenvalue weighted by molar-refractivity contribution is -0.117. The molecule has 1 aromatic carbocycles. The molecule has 0 aromatic heterocycles. The maximum absolute atomic E-state index is 12.8. The second-order valence-corrected chi connectivity index (χ2v) is 7.31. The summed E-state index contributed by atoms with van der Waals surface area (Å²) in [5, 5.41) is 3.08. The van der Waals surface area contributed by atoms with Gasteiger partial charge in [0, 0.05) is 30.8 Å². The summed E-state index contributed by atoms with van der Waals surface area (Å²) >= 11 is 0. The highest BCUT2D eigenvalue weighted by molar-refractivity contribution is 5.95. The Morgan fingerprint density at radius 1 is 1.07 bits per heavy atom. The fourth-order valence-corrected chi connectivity index (χ4v) is 3.48. The van der Waals surface area contributed by atoms with E-state index in [9.17, 15) is 9.59 Å². The van der Waals surface area contributed by atoms with Gasteiger partial charge in [0.25, 0.3) is 5.91 Å². The predicted octanol–water partition coefficient (Wildman–Crippen LogP) is 2.78. The molecule has 0 spiro atoms. The van der Waals surface area contributed by atoms with E-state index < -0.39 is 0 Å². The molecule has 1 aliphatic heterocycles. The van der Waals surface area contributed by atoms with Gasteiger partial charge in [-0.25, -0.2) is 0 Å². The lowest BCUT2D eigenvalue weighted by Crippen LogP contribution is -2.46. The van der Waals surface area contributed by atoms with Gasteiger partial charge in [-0.3, -0.25) is 9.59 Å². The number of likely N-dealkylation sites (tertiary alicyclic amines) is 1. The Bertz CT molecular complexity index is 732. The van der Waals surface area contributed by atoms with Crippen molar-refractivity contribution in [1.82, 2.24) is 10.2 Å². The molecule has 2 aliphatic rings. The first-order valence-corrected chi connectivity index (χ1v) is 9.51. The average molecular weight is 372 g/mol. The first-order chi connectivity index (χ1) is 13.0. The highest BCUT2D eigenvalue weighted by atomic mass is 16.5. The smallest absolute Gasteiger partial charge is 0.253 e. The summed E-state index contributed by atoms with van der Waals surface area (Å²) in [6.07, 6.45) is 5.67. The lowest BCUT2D eigenvalue weighted by Gasteiger charge is -2.32. The molecular formula is C21H28N2O4. The predicted molar refractivity (Wildman–Crippen MR) is 103 cm³/mol. The highest BCUT2D eigenvalue weighted by Gasteiger charge is 2.26. The first kappa shape index (κ1) is 19.3. The largest absolute Gasteiger partial charge is 0.493 e. The third-order valence-electron chi connectivity index (χ3n) is 5.34. The fraction of sp³-hybridized carbons (Fsp3) is 0.524. The van der Waals surface area contributed by atoms with Gasteiger partial charge in [-0.05, 0) is 56.7 Å². The van der Waals surface area contributed by atoms with E-state index >= 15 is 0 Å². The summed E-state index contributed by atoms with van der Waals surface area (Å²) in [6, 6.07) is 5.33. The second kappa shape index (κ2) is 8.46. The number of allylic oxidation sites excluding steroid dienone is 1. The van der Waals surface area contributed by atoms with Crippen LogP contribution in [0.1, 0.15) is 43.0 Å². The lowest BCUT2D eigenvalue weighted by atomic mass is 10.0. The number of carbonyl (C=O) groups excluding carboxylic acids is 2. The molecule has 1 heterocycles. The Kier molecular flexibility index (Phi) is 6.04. The number of hydrogen-bond acceptors (Lipinski definition) is 4. The van der Waals surface area contributed by atoms with Crippen molar-refractivity contribution in [2.45, 2.75) is 38.6 Å². The van der Waals surface area contributed by atoms with Crippen molar-refractivity contribution in [3.63, 3.8) is 0 Å². The number of nitrogens with one attached hydrogen (secondary N) is 1. The quantitative estimate of drug-likeness (QED) is 0.780. The van der Waals surface area contributed by atoms with Crippen LogP contribution in [-0.4, -0.2) is 50.1 Å². The van der Waals surface area contributed by atoms with Crippen molar-refractivity contribution in [3.05, 3.63) is 35.4 Å². The van der Waals surface area contributed by atoms with E-state index in [0.29, 0.717) is 36.1 Å². The molecule has 3 rings (SSSR count). The highest BCUT2D eigenvalue weighted by Crippen LogP contribution is 2.35. The zero-order valence-corrected chi connectivity index (χ0v) is 16.3. The van der Waals surface area contributed by atoms with Gasteiger partial charge in [0.1, 0.15) is 0 Å². The number of hydrogen-bond donors (Lipinski definition) is 1. The molecule has 1 saturated heterocycles. The zero-order valence-electron chi connectivity index (χ0n) is 16.3. The minimum atomic E-state index is -0.0230. The summed E-state index contributed by atoms with van der Waals surface area (Å²) in [5.74, 6) is 1.72. The summed E-state index contributed by atoms with van der Waals surface area (Å²) in [7, 11) is 3.12. The van der Waals surface area contributed by atoms with Crippen LogP contribution in [-0.2, 0) is 4.79 Å². The topological polar surface area (TPSA) is 67.9 Å². The molecule has 1 aromatic rings. The van der Waals surface area contributed by atoms with Gasteiger partial charge in [0.2, 0.25) is 5.91 Å². The zero-order chi connectivity index (χ0) is 19.4. The Morgan fingerprint density at radius 2 is 1.74 bits per heavy atom. The van der Waals surface area contributed by atoms with Crippen molar-refractivity contribution in [2.75, 3.05) is 27.3 Å². The third-order valence-corrected chi connectivity index (χ3v) is 5.34. The van der Waals surface area contributed by atoms with Gasteiger partial charge in [0.05, 0.1) is 14.2 Å². The van der Waals surface area contributed by atoms with Crippen LogP contribution in [0.15, 0.2) is 29.8 Å². The van der Waals surface area contributed by atoms with Crippen LogP contribution >= 0.6 is 0 Å². The summed E-state index contributed by atoms with van der Waals surface area (Å²) in [5.41, 5.74) is 1.76. The van der Waals surface area contributed by atoms with Crippen molar-refractivity contribution >= 4 is 11.8 Å². The minimum absolute atomic E-state index is 0.0101. The van der Waals surface area contributed by atoms with Gasteiger partial charge in [0.15, 0.2) is 11.5 Å². The van der Waals surface area contributed by atoms with Gasteiger partial charge < -0.3 is 19.7 Å². The maximum Gasteiger partial charge on any atom is 0.253 e. The summed E-state index contributed by atoms with van der Waals surface area (Å²) < 4.78 is 10.5. The van der Waals surface area contributed by atoms with Gasteiger partial charge in [-0.2, -0.15) is 0 Å². The molecule has 0 atom stereocenters. The Morgan fingerprint density at radius 3 is 2.33 bits per heavy atom. The van der Waals surface area contributed by atoms with Crippen molar-refractivity contribution in [1.29, 1.82) is 0 Å². The molecular weight excluding hydrogens is 344 g/mol. The van der Waals surface area contributed by atoms with E-state index in [0.717, 1.165) is 12.8 Å². The number of ether oxygens (including phenoxy) is 2. The molecule has 0 bridgehead atoms. The van der Waals surface area contributed by atoms with Crippen LogP contribution in [0.5, 0.6) is 11.5 Å². The van der Waals surface area contributed by atoms with Crippen LogP contribution in [0.3, 0.4) is 0 Å². The monoisotopic (exact) mass is 372 g/mol. The standard InChI is InChI=1S/C21H28N2O4/c1-14(15-4-5-15)12-20(24)22-17-8-10-23(11-9-17)21(25)16-6-7-18(26-2)19(13-16)27-3/h6-7,12-13,15,17H,4-5,8-11H2,1-3H3,(H,22,24)/b14-12+. The Balaban J connectivity index is 1.53. The average Bonchev–Trinajstić information content (AvgIpc) is 3.52. The van der Waals surface area contributed by atoms with Gasteiger partial charge in [-0.1, -0.05) is 5.57 Å². The summed E-state index contributed by atoms with van der Waals surface area (Å²) in [6.45, 7) is 3.29. The minimum Gasteiger partial charge on any atom is -0.493 e. The molecule has 6 heteroatoms. The van der Waals surface area contributed by atoms with E-state index in [2.05, 4.69) is 5.32 Å². The number of nitrogens with zero attached hydrogens (tertiary/aromatic N) is 1. The molecule has 2 fully saturated rings. The van der Waals surface area contributed by atoms with Crippen LogP contribution in [0.4, 0.5) is 0 Å². The molecule has 146 valence electrons. The number of methoxy groups -OCH3 is 2. The van der Waals surface area contributed by atoms with E-state index in [4.69, 9.17) is 9.47 Å². The van der Waals surface area contributed by atoms with E-state index in [1.807, 2.05) is 11.8 Å². The molecule has 27 heavy (non-hydrogen) atoms. The number of benzene rings is 1. The number of rotatable bonds is 6. The maximum atomic E-state index is 12.8. The van der Waals surface area contributed by atoms with Gasteiger partial charge >= 0.3 is 0 Å². The number of amides is 2. The second-order valence-electron chi connectivity index (χ2n) is 7.31. The third kappa shape index (κ3) is 4.81. The molecule has 6 nitrogen and oxygen atoms in total. The van der Waals surface area contributed by atoms with Crippen LogP contribution in [0.2, 0.25) is 0 Å². The fourth-order valence-electron chi connectivity index (χ4n) is 3.48. The SMILES string of the molecule is COc1ccc(C(=O)N2CCC(NC(=O)/C=C(\C)C3CC3)CC2)cc1OC. The van der Waals surface area contributed by atoms with Crippen LogP contribution in [0, 0.1) is 5.92 Å². The van der Waals surface area contributed by atoms with E-state index in [1.165, 1.54) is 18.4 Å². The van der Waals surface area contributed by atoms with E-state index in [-0.39, 0.29) is 17.9 Å². The first-order valence-electron chi connectivity index (χ1n) is 9.51. The molecule has 1 saturated carbocycles. The summed E-state index contributed by atoms with van der Waals surface area (Å²) in [4.78, 5) is 26.7. The van der Waals surface area contributed by atoms with Gasteiger partial charge in [-0.15, -0.1) is 0 Å². The molecule has 2 amide bonds. The Hall–Kier alpha value is -2.50. The number of piperidine rings is 1.